The lowest BCUT2D eigenvalue weighted by Crippen LogP contribution is -2.18. The summed E-state index contributed by atoms with van der Waals surface area (Å²) in [6.07, 6.45) is 0.00531. The number of nitro benzene ring substituents is 1. The number of esters is 1. The molecule has 2 aromatic rings. The van der Waals surface area contributed by atoms with Crippen LogP contribution in [0.3, 0.4) is 0 Å². The van der Waals surface area contributed by atoms with Crippen LogP contribution in [0, 0.1) is 15.9 Å². The summed E-state index contributed by atoms with van der Waals surface area (Å²) >= 11 is 5.81. The van der Waals surface area contributed by atoms with E-state index in [1.165, 1.54) is 30.3 Å². The molecule has 1 saturated heterocycles. The Morgan fingerprint density at radius 3 is 2.65 bits per heavy atom. The number of benzene rings is 2. The summed E-state index contributed by atoms with van der Waals surface area (Å²) in [5.74, 6) is -2.35. The minimum atomic E-state index is -1.13. The van der Waals surface area contributed by atoms with Crippen molar-refractivity contribution in [2.75, 3.05) is 13.2 Å². The normalized spacial score (nSPS) is 14.8. The molecule has 1 fully saturated rings. The highest BCUT2D eigenvalue weighted by molar-refractivity contribution is 6.33. The fourth-order valence-corrected chi connectivity index (χ4v) is 2.67. The van der Waals surface area contributed by atoms with E-state index >= 15 is 0 Å². The molecule has 3 rings (SSSR count). The molecule has 0 radical (unpaired) electrons. The molecule has 2 aromatic carbocycles. The largest absolute Gasteiger partial charge is 0.415 e. The van der Waals surface area contributed by atoms with Crippen molar-refractivity contribution in [1.29, 1.82) is 0 Å². The molecule has 0 aromatic heterocycles. The van der Waals surface area contributed by atoms with Crippen molar-refractivity contribution in [3.8, 4) is 5.75 Å². The third kappa shape index (κ3) is 3.82. The first kappa shape index (κ1) is 18.2. The monoisotopic (exact) mass is 381 g/mol. The third-order valence-corrected chi connectivity index (χ3v) is 3.96. The lowest BCUT2D eigenvalue weighted by atomic mass is 10.1. The second kappa shape index (κ2) is 7.77. The fraction of sp³-hybridized carbons (Fsp3) is 0.235. The number of hydrogen-bond acceptors (Lipinski definition) is 6. The maximum absolute atomic E-state index is 13.8. The highest BCUT2D eigenvalue weighted by Gasteiger charge is 2.26. The summed E-state index contributed by atoms with van der Waals surface area (Å²) in [7, 11) is 0. The number of carbonyl (C=O) groups excluding carboxylic acids is 1. The minimum Gasteiger partial charge on any atom is -0.415 e. The Labute approximate surface area is 152 Å². The summed E-state index contributed by atoms with van der Waals surface area (Å²) in [5, 5.41) is 11.2. The van der Waals surface area contributed by atoms with Gasteiger partial charge in [0.2, 0.25) is 5.75 Å². The summed E-state index contributed by atoms with van der Waals surface area (Å²) in [5.41, 5.74) is -0.548. The van der Waals surface area contributed by atoms with E-state index in [1.807, 2.05) is 0 Å². The lowest BCUT2D eigenvalue weighted by molar-refractivity contribution is -0.385. The Morgan fingerprint density at radius 1 is 1.27 bits per heavy atom. The van der Waals surface area contributed by atoms with Crippen LogP contribution >= 0.6 is 11.6 Å². The molecule has 1 aliphatic heterocycles. The van der Waals surface area contributed by atoms with Crippen molar-refractivity contribution in [1.82, 2.24) is 0 Å². The molecular weight excluding hydrogens is 369 g/mol. The van der Waals surface area contributed by atoms with Crippen molar-refractivity contribution in [3.05, 3.63) is 68.5 Å². The average molecular weight is 382 g/mol. The van der Waals surface area contributed by atoms with E-state index in [2.05, 4.69) is 0 Å². The van der Waals surface area contributed by atoms with Crippen LogP contribution in [-0.4, -0.2) is 24.1 Å². The average Bonchev–Trinajstić information content (AvgIpc) is 2.62. The van der Waals surface area contributed by atoms with Gasteiger partial charge in [0.05, 0.1) is 23.2 Å². The Kier molecular flexibility index (Phi) is 5.46. The van der Waals surface area contributed by atoms with Gasteiger partial charge in [-0.1, -0.05) is 17.7 Å². The van der Waals surface area contributed by atoms with Crippen molar-refractivity contribution in [3.63, 3.8) is 0 Å². The predicted octanol–water partition coefficient (Wildman–Crippen LogP) is 4.04. The lowest BCUT2D eigenvalue weighted by Gasteiger charge is -2.23. The number of carbonyl (C=O) groups is 1. The molecule has 26 heavy (non-hydrogen) atoms. The summed E-state index contributed by atoms with van der Waals surface area (Å²) in [6, 6.07) is 7.60. The SMILES string of the molecule is O=C(Oc1ccc(C2OCCCO2)cc1[N+](=O)[O-])c1c(F)cccc1Cl. The Hall–Kier alpha value is -2.55. The molecule has 0 unspecified atom stereocenters. The first-order chi connectivity index (χ1) is 12.5. The van der Waals surface area contributed by atoms with E-state index in [9.17, 15) is 19.3 Å². The number of nitro groups is 1. The van der Waals surface area contributed by atoms with Crippen LogP contribution in [-0.2, 0) is 9.47 Å². The quantitative estimate of drug-likeness (QED) is 0.344. The Bertz CT molecular complexity index is 833. The van der Waals surface area contributed by atoms with Crippen LogP contribution in [0.15, 0.2) is 36.4 Å². The second-order valence-corrected chi connectivity index (χ2v) is 5.80. The minimum absolute atomic E-state index is 0.154. The first-order valence-corrected chi connectivity index (χ1v) is 8.03. The molecule has 136 valence electrons. The molecule has 0 atom stereocenters. The zero-order valence-corrected chi connectivity index (χ0v) is 14.1. The molecule has 0 amide bonds. The molecule has 0 saturated carbocycles. The van der Waals surface area contributed by atoms with Crippen LogP contribution in [0.2, 0.25) is 5.02 Å². The first-order valence-electron chi connectivity index (χ1n) is 7.65. The molecule has 0 N–H and O–H groups in total. The Morgan fingerprint density at radius 2 is 2.00 bits per heavy atom. The summed E-state index contributed by atoms with van der Waals surface area (Å²) in [4.78, 5) is 22.8. The van der Waals surface area contributed by atoms with E-state index in [0.717, 1.165) is 12.5 Å². The van der Waals surface area contributed by atoms with Gasteiger partial charge < -0.3 is 14.2 Å². The predicted molar refractivity (Wildman–Crippen MR) is 88.7 cm³/mol. The molecule has 9 heteroatoms. The number of rotatable bonds is 4. The van der Waals surface area contributed by atoms with E-state index in [-0.39, 0.29) is 10.8 Å². The molecule has 7 nitrogen and oxygen atoms in total. The maximum atomic E-state index is 13.8. The molecule has 0 aliphatic carbocycles. The van der Waals surface area contributed by atoms with Gasteiger partial charge in [-0.2, -0.15) is 0 Å². The smallest absolute Gasteiger partial charge is 0.348 e. The molecule has 0 bridgehead atoms. The maximum Gasteiger partial charge on any atom is 0.348 e. The second-order valence-electron chi connectivity index (χ2n) is 5.40. The van der Waals surface area contributed by atoms with E-state index in [0.29, 0.717) is 18.8 Å². The van der Waals surface area contributed by atoms with Gasteiger partial charge in [0.15, 0.2) is 6.29 Å². The summed E-state index contributed by atoms with van der Waals surface area (Å²) < 4.78 is 29.6. The summed E-state index contributed by atoms with van der Waals surface area (Å²) in [6.45, 7) is 0.946. The van der Waals surface area contributed by atoms with Gasteiger partial charge in [-0.05, 0) is 30.7 Å². The standard InChI is InChI=1S/C17H13ClFNO6/c18-11-3-1-4-12(19)15(11)16(21)26-14-6-5-10(9-13(14)20(22)23)17-24-7-2-8-25-17/h1,3-6,9,17H,2,7-8H2. The number of nitrogens with zero attached hydrogens (tertiary/aromatic N) is 1. The van der Waals surface area contributed by atoms with Crippen LogP contribution in [0.4, 0.5) is 10.1 Å². The van der Waals surface area contributed by atoms with Crippen molar-refractivity contribution < 1.29 is 28.3 Å². The van der Waals surface area contributed by atoms with Gasteiger partial charge in [0.25, 0.3) is 0 Å². The van der Waals surface area contributed by atoms with Gasteiger partial charge >= 0.3 is 11.7 Å². The number of hydrogen-bond donors (Lipinski definition) is 0. The van der Waals surface area contributed by atoms with Gasteiger partial charge in [0, 0.05) is 11.6 Å². The molecular formula is C17H13ClFNO6. The third-order valence-electron chi connectivity index (χ3n) is 3.65. The highest BCUT2D eigenvalue weighted by Crippen LogP contribution is 2.33. The van der Waals surface area contributed by atoms with Gasteiger partial charge in [-0.25, -0.2) is 9.18 Å². The topological polar surface area (TPSA) is 87.9 Å². The highest BCUT2D eigenvalue weighted by atomic mass is 35.5. The van der Waals surface area contributed by atoms with Gasteiger partial charge in [-0.15, -0.1) is 0 Å². The van der Waals surface area contributed by atoms with Crippen LogP contribution in [0.25, 0.3) is 0 Å². The van der Waals surface area contributed by atoms with Crippen molar-refractivity contribution in [2.45, 2.75) is 12.7 Å². The van der Waals surface area contributed by atoms with Crippen molar-refractivity contribution in [2.24, 2.45) is 0 Å². The number of ether oxygens (including phenoxy) is 3. The Balaban J connectivity index is 1.89. The van der Waals surface area contributed by atoms with E-state index < -0.39 is 34.3 Å². The van der Waals surface area contributed by atoms with Crippen LogP contribution in [0.5, 0.6) is 5.75 Å². The zero-order valence-electron chi connectivity index (χ0n) is 13.3. The van der Waals surface area contributed by atoms with Gasteiger partial charge in [-0.3, -0.25) is 10.1 Å². The van der Waals surface area contributed by atoms with Crippen molar-refractivity contribution >= 4 is 23.3 Å². The number of halogens is 2. The fourth-order valence-electron chi connectivity index (χ4n) is 2.43. The zero-order chi connectivity index (χ0) is 18.7. The molecule has 1 aliphatic rings. The van der Waals surface area contributed by atoms with E-state index in [4.69, 9.17) is 25.8 Å². The van der Waals surface area contributed by atoms with Gasteiger partial charge in [0.1, 0.15) is 11.4 Å². The van der Waals surface area contributed by atoms with E-state index in [1.54, 1.807) is 0 Å². The molecule has 0 spiro atoms. The molecule has 1 heterocycles. The van der Waals surface area contributed by atoms with Crippen LogP contribution < -0.4 is 4.74 Å². The van der Waals surface area contributed by atoms with Crippen LogP contribution in [0.1, 0.15) is 28.6 Å².